The van der Waals surface area contributed by atoms with Gasteiger partial charge in [-0.1, -0.05) is 24.3 Å². The minimum atomic E-state index is -0.290. The zero-order valence-electron chi connectivity index (χ0n) is 16.2. The van der Waals surface area contributed by atoms with Crippen LogP contribution < -0.4 is 10.1 Å². The quantitative estimate of drug-likeness (QED) is 0.506. The molecule has 0 unspecified atom stereocenters. The maximum absolute atomic E-state index is 13.1. The third-order valence-electron chi connectivity index (χ3n) is 4.62. The van der Waals surface area contributed by atoms with Crippen LogP contribution in [0.4, 0.5) is 4.39 Å². The van der Waals surface area contributed by atoms with E-state index in [9.17, 15) is 9.18 Å². The second-order valence-corrected chi connectivity index (χ2v) is 6.57. The Morgan fingerprint density at radius 1 is 1.13 bits per heavy atom. The molecule has 0 aliphatic rings. The number of fused-ring (bicyclic) bond motifs is 1. The van der Waals surface area contributed by atoms with Crippen LogP contribution in [0.25, 0.3) is 23.1 Å². The molecule has 2 aromatic heterocycles. The van der Waals surface area contributed by atoms with Gasteiger partial charge in [0.15, 0.2) is 0 Å². The van der Waals surface area contributed by atoms with Gasteiger partial charge in [-0.15, -0.1) is 0 Å². The van der Waals surface area contributed by atoms with E-state index in [1.54, 1.807) is 30.5 Å². The fourth-order valence-corrected chi connectivity index (χ4v) is 3.14. The zero-order valence-corrected chi connectivity index (χ0v) is 16.2. The van der Waals surface area contributed by atoms with Gasteiger partial charge in [0.05, 0.1) is 41.5 Å². The first-order valence-electron chi connectivity index (χ1n) is 9.32. The molecule has 0 atom stereocenters. The van der Waals surface area contributed by atoms with Crippen molar-refractivity contribution >= 4 is 29.0 Å². The Bertz CT molecular complexity index is 1200. The third-order valence-corrected chi connectivity index (χ3v) is 4.62. The molecule has 0 fully saturated rings. The second kappa shape index (κ2) is 8.57. The molecule has 0 saturated carbocycles. The van der Waals surface area contributed by atoms with Crippen molar-refractivity contribution in [2.24, 2.45) is 0 Å². The van der Waals surface area contributed by atoms with Gasteiger partial charge in [0, 0.05) is 6.20 Å². The number of carbonyl (C=O) groups is 1. The van der Waals surface area contributed by atoms with Crippen LogP contribution in [0.5, 0.6) is 5.75 Å². The summed E-state index contributed by atoms with van der Waals surface area (Å²) in [6.45, 7) is 0.309. The van der Waals surface area contributed by atoms with Crippen molar-refractivity contribution in [2.45, 2.75) is 6.54 Å². The highest BCUT2D eigenvalue weighted by Crippen LogP contribution is 2.32. The Labute approximate surface area is 172 Å². The van der Waals surface area contributed by atoms with E-state index in [0.717, 1.165) is 11.3 Å². The zero-order chi connectivity index (χ0) is 20.9. The van der Waals surface area contributed by atoms with Crippen LogP contribution >= 0.6 is 0 Å². The third kappa shape index (κ3) is 4.05. The smallest absolute Gasteiger partial charge is 0.255 e. The van der Waals surface area contributed by atoms with Gasteiger partial charge >= 0.3 is 0 Å². The van der Waals surface area contributed by atoms with E-state index in [4.69, 9.17) is 4.74 Å². The number of pyridine rings is 1. The van der Waals surface area contributed by atoms with Crippen LogP contribution in [0, 0.1) is 5.82 Å². The molecule has 7 heteroatoms. The number of nitrogens with one attached hydrogen (secondary N) is 2. The second-order valence-electron chi connectivity index (χ2n) is 6.57. The van der Waals surface area contributed by atoms with E-state index in [0.29, 0.717) is 34.5 Å². The van der Waals surface area contributed by atoms with Gasteiger partial charge in [0.25, 0.3) is 5.91 Å². The van der Waals surface area contributed by atoms with Crippen LogP contribution in [0.1, 0.15) is 27.3 Å². The van der Waals surface area contributed by atoms with Crippen molar-refractivity contribution in [1.82, 2.24) is 20.5 Å². The lowest BCUT2D eigenvalue weighted by Gasteiger charge is -2.10. The minimum absolute atomic E-state index is 0.269. The van der Waals surface area contributed by atoms with Crippen LogP contribution in [0.3, 0.4) is 0 Å². The molecule has 0 bridgehead atoms. The number of methoxy groups -OCH3 is 1. The first-order valence-corrected chi connectivity index (χ1v) is 9.32. The molecule has 4 aromatic rings. The van der Waals surface area contributed by atoms with E-state index in [1.807, 2.05) is 30.4 Å². The van der Waals surface area contributed by atoms with Gasteiger partial charge in [-0.25, -0.2) is 4.39 Å². The normalized spacial score (nSPS) is 11.1. The highest BCUT2D eigenvalue weighted by Gasteiger charge is 2.18. The Morgan fingerprint density at radius 3 is 2.70 bits per heavy atom. The Kier molecular flexibility index (Phi) is 5.52. The summed E-state index contributed by atoms with van der Waals surface area (Å²) in [5.74, 6) is -0.130. The fraction of sp³-hybridized carbons (Fsp3) is 0.0870. The lowest BCUT2D eigenvalue weighted by molar-refractivity contribution is 0.0947. The molecule has 2 heterocycles. The summed E-state index contributed by atoms with van der Waals surface area (Å²) in [5.41, 5.74) is 3.36. The molecule has 150 valence electrons. The lowest BCUT2D eigenvalue weighted by Crippen LogP contribution is -2.23. The predicted molar refractivity (Wildman–Crippen MR) is 113 cm³/mol. The average Bonchev–Trinajstić information content (AvgIpc) is 3.20. The van der Waals surface area contributed by atoms with Crippen LogP contribution in [-0.4, -0.2) is 28.2 Å². The number of rotatable bonds is 6. The summed E-state index contributed by atoms with van der Waals surface area (Å²) < 4.78 is 18.7. The summed E-state index contributed by atoms with van der Waals surface area (Å²) >= 11 is 0. The number of amides is 1. The number of H-pyrrole nitrogens is 1. The van der Waals surface area contributed by atoms with E-state index < -0.39 is 0 Å². The number of ether oxygens (including phenoxy) is 1. The van der Waals surface area contributed by atoms with Gasteiger partial charge < -0.3 is 10.1 Å². The van der Waals surface area contributed by atoms with Crippen molar-refractivity contribution in [2.75, 3.05) is 7.11 Å². The maximum atomic E-state index is 13.1. The topological polar surface area (TPSA) is 79.9 Å². The Balaban J connectivity index is 1.64. The van der Waals surface area contributed by atoms with Gasteiger partial charge in [-0.05, 0) is 48.0 Å². The number of nitrogens with zero attached hydrogens (tertiary/aromatic N) is 2. The summed E-state index contributed by atoms with van der Waals surface area (Å²) in [6.07, 6.45) is 5.33. The van der Waals surface area contributed by atoms with Gasteiger partial charge in [-0.3, -0.25) is 14.9 Å². The van der Waals surface area contributed by atoms with Crippen molar-refractivity contribution in [3.8, 4) is 5.75 Å². The molecule has 6 nitrogen and oxygen atoms in total. The molecule has 2 N–H and O–H groups in total. The standard InChI is InChI=1S/C23H19FN4O2/c1-30-22-18(23(29)26-14-17-4-2-3-13-25-17)10-12-20-21(22)19(27-28-20)11-7-15-5-8-16(24)9-6-15/h2-13H,14H2,1H3,(H,26,29)(H,27,28)/b11-7+. The highest BCUT2D eigenvalue weighted by molar-refractivity contribution is 6.05. The number of aromatic amines is 1. The van der Waals surface area contributed by atoms with Crippen molar-refractivity contribution in [1.29, 1.82) is 0 Å². The first-order chi connectivity index (χ1) is 14.7. The molecule has 0 aliphatic carbocycles. The molecule has 2 aromatic carbocycles. The number of halogens is 1. The molecule has 4 rings (SSSR count). The highest BCUT2D eigenvalue weighted by atomic mass is 19.1. The summed E-state index contributed by atoms with van der Waals surface area (Å²) in [7, 11) is 1.52. The molecule has 0 spiro atoms. The largest absolute Gasteiger partial charge is 0.495 e. The molecule has 0 saturated heterocycles. The minimum Gasteiger partial charge on any atom is -0.495 e. The number of hydrogen-bond acceptors (Lipinski definition) is 4. The van der Waals surface area contributed by atoms with Crippen molar-refractivity contribution in [3.05, 3.63) is 89.1 Å². The molecular formula is C23H19FN4O2. The maximum Gasteiger partial charge on any atom is 0.255 e. The van der Waals surface area contributed by atoms with Crippen LogP contribution in [-0.2, 0) is 6.54 Å². The molecule has 1 amide bonds. The number of benzene rings is 2. The van der Waals surface area contributed by atoms with Crippen molar-refractivity contribution in [3.63, 3.8) is 0 Å². The number of hydrogen-bond donors (Lipinski definition) is 2. The summed E-state index contributed by atoms with van der Waals surface area (Å²) in [5, 5.41) is 10.8. The summed E-state index contributed by atoms with van der Waals surface area (Å²) in [4.78, 5) is 17.0. The average molecular weight is 402 g/mol. The molecule has 0 aliphatic heterocycles. The monoisotopic (exact) mass is 402 g/mol. The van der Waals surface area contributed by atoms with E-state index in [-0.39, 0.29) is 11.7 Å². The number of aromatic nitrogens is 3. The first kappa shape index (κ1) is 19.3. The van der Waals surface area contributed by atoms with Gasteiger partial charge in [-0.2, -0.15) is 5.10 Å². The number of carbonyl (C=O) groups excluding carboxylic acids is 1. The van der Waals surface area contributed by atoms with E-state index >= 15 is 0 Å². The fourth-order valence-electron chi connectivity index (χ4n) is 3.14. The lowest BCUT2D eigenvalue weighted by atomic mass is 10.1. The summed E-state index contributed by atoms with van der Waals surface area (Å²) in [6, 6.07) is 15.1. The molecular weight excluding hydrogens is 383 g/mol. The Hall–Kier alpha value is -4.00. The Morgan fingerprint density at radius 2 is 1.97 bits per heavy atom. The van der Waals surface area contributed by atoms with Crippen LogP contribution in [0.2, 0.25) is 0 Å². The van der Waals surface area contributed by atoms with Gasteiger partial charge in [0.1, 0.15) is 11.6 Å². The predicted octanol–water partition coefficient (Wildman–Crippen LogP) is 4.21. The van der Waals surface area contributed by atoms with E-state index in [1.165, 1.54) is 19.2 Å². The SMILES string of the molecule is COc1c(C(=O)NCc2ccccn2)ccc2n[nH]c(/C=C/c3ccc(F)cc3)c12. The van der Waals surface area contributed by atoms with Crippen molar-refractivity contribution < 1.29 is 13.9 Å². The van der Waals surface area contributed by atoms with Gasteiger partial charge in [0.2, 0.25) is 0 Å². The van der Waals surface area contributed by atoms with Crippen LogP contribution in [0.15, 0.2) is 60.8 Å². The molecule has 30 heavy (non-hydrogen) atoms. The molecule has 0 radical (unpaired) electrons. The van der Waals surface area contributed by atoms with E-state index in [2.05, 4.69) is 20.5 Å².